The van der Waals surface area contributed by atoms with Crippen LogP contribution in [-0.4, -0.2) is 25.2 Å². The molecule has 0 N–H and O–H groups in total. The Morgan fingerprint density at radius 1 is 1.05 bits per heavy atom. The van der Waals surface area contributed by atoms with Gasteiger partial charge in [0.25, 0.3) is 0 Å². The van der Waals surface area contributed by atoms with Gasteiger partial charge >= 0.3 is 11.9 Å². The fourth-order valence-corrected chi connectivity index (χ4v) is 1.78. The Bertz CT molecular complexity index is 471. The maximum atomic E-state index is 11.8. The second-order valence-corrected chi connectivity index (χ2v) is 4.59. The van der Waals surface area contributed by atoms with Crippen LogP contribution in [0.2, 0.25) is 0 Å². The fraction of sp³-hybridized carbons (Fsp3) is 0.375. The third-order valence-electron chi connectivity index (χ3n) is 2.64. The van der Waals surface area contributed by atoms with Crippen LogP contribution >= 0.6 is 0 Å². The van der Waals surface area contributed by atoms with Crippen LogP contribution in [0.3, 0.4) is 0 Å². The molecule has 0 spiro atoms. The Morgan fingerprint density at radius 2 is 1.60 bits per heavy atom. The van der Waals surface area contributed by atoms with E-state index in [2.05, 4.69) is 6.58 Å². The Balaban J connectivity index is 2.26. The van der Waals surface area contributed by atoms with Crippen LogP contribution in [0.5, 0.6) is 0 Å². The second-order valence-electron chi connectivity index (χ2n) is 4.59. The number of unbranched alkanes of at least 4 members (excludes halogenated alkanes) is 1. The van der Waals surface area contributed by atoms with Gasteiger partial charge < -0.3 is 9.47 Å². The van der Waals surface area contributed by atoms with E-state index in [1.54, 1.807) is 12.1 Å². The summed E-state index contributed by atoms with van der Waals surface area (Å²) in [5.74, 6) is -0.753. The number of benzene rings is 1. The van der Waals surface area contributed by atoms with Crippen molar-refractivity contribution in [2.24, 2.45) is 0 Å². The number of carbonyl (C=O) groups excluding carboxylic acids is 2. The van der Waals surface area contributed by atoms with Gasteiger partial charge in [-0.15, -0.1) is 0 Å². The summed E-state index contributed by atoms with van der Waals surface area (Å²) in [7, 11) is 0. The molecule has 0 amide bonds. The zero-order chi connectivity index (χ0) is 15.0. The lowest BCUT2D eigenvalue weighted by molar-refractivity contribution is -0.137. The molecule has 0 unspecified atom stereocenters. The maximum Gasteiger partial charge on any atom is 0.338 e. The molecule has 20 heavy (non-hydrogen) atoms. The van der Waals surface area contributed by atoms with Gasteiger partial charge in [0.05, 0.1) is 18.8 Å². The monoisotopic (exact) mass is 276 g/mol. The summed E-state index contributed by atoms with van der Waals surface area (Å²) in [6.07, 6.45) is 2.43. The number of carbonyl (C=O) groups is 2. The van der Waals surface area contributed by atoms with Crippen LogP contribution in [-0.2, 0) is 14.3 Å². The summed E-state index contributed by atoms with van der Waals surface area (Å²) in [4.78, 5) is 22.6. The highest BCUT2D eigenvalue weighted by molar-refractivity contribution is 5.89. The van der Waals surface area contributed by atoms with Crippen LogP contribution in [0.4, 0.5) is 0 Å². The molecule has 4 heteroatoms. The van der Waals surface area contributed by atoms with Gasteiger partial charge in [0.1, 0.15) is 0 Å². The van der Waals surface area contributed by atoms with Gasteiger partial charge in [-0.2, -0.15) is 0 Å². The number of ether oxygens (including phenoxy) is 2. The number of rotatable bonds is 7. The van der Waals surface area contributed by atoms with E-state index in [4.69, 9.17) is 9.47 Å². The highest BCUT2D eigenvalue weighted by atomic mass is 16.5. The highest BCUT2D eigenvalue weighted by Gasteiger charge is 2.07. The minimum atomic E-state index is -0.433. The van der Waals surface area contributed by atoms with Crippen LogP contribution < -0.4 is 0 Å². The van der Waals surface area contributed by atoms with Crippen molar-refractivity contribution < 1.29 is 19.1 Å². The molecule has 0 aliphatic heterocycles. The van der Waals surface area contributed by atoms with Gasteiger partial charge in [0.2, 0.25) is 0 Å². The zero-order valence-corrected chi connectivity index (χ0v) is 12.0. The van der Waals surface area contributed by atoms with E-state index in [-0.39, 0.29) is 5.97 Å². The largest absolute Gasteiger partial charge is 0.463 e. The molecular weight excluding hydrogens is 256 g/mol. The second kappa shape index (κ2) is 8.15. The van der Waals surface area contributed by atoms with Gasteiger partial charge in [0, 0.05) is 6.08 Å². The van der Waals surface area contributed by atoms with Gasteiger partial charge in [-0.05, 0) is 38.8 Å². The average Bonchev–Trinajstić information content (AvgIpc) is 2.40. The van der Waals surface area contributed by atoms with E-state index < -0.39 is 5.97 Å². The van der Waals surface area contributed by atoms with Crippen molar-refractivity contribution in [3.05, 3.63) is 47.5 Å². The first kappa shape index (κ1) is 16.0. The Morgan fingerprint density at radius 3 is 2.15 bits per heavy atom. The first-order valence-corrected chi connectivity index (χ1v) is 6.57. The molecule has 1 aromatic rings. The summed E-state index contributed by atoms with van der Waals surface area (Å²) in [5, 5.41) is 0. The fourth-order valence-electron chi connectivity index (χ4n) is 1.78. The Labute approximate surface area is 119 Å². The van der Waals surface area contributed by atoms with Crippen LogP contribution in [0.15, 0.2) is 30.9 Å². The lowest BCUT2D eigenvalue weighted by atomic mass is 10.1. The van der Waals surface area contributed by atoms with Gasteiger partial charge in [0.15, 0.2) is 0 Å². The first-order chi connectivity index (χ1) is 9.52. The number of esters is 2. The molecule has 0 fully saturated rings. The third kappa shape index (κ3) is 5.69. The molecule has 0 saturated carbocycles. The normalized spacial score (nSPS) is 9.90. The standard InChI is InChI=1S/C16H20O4/c1-4-15(17)19-7-5-6-8-20-16(18)14-10-12(2)9-13(3)11-14/h4,9-11H,1,5-8H2,2-3H3. The minimum absolute atomic E-state index is 0.311. The molecule has 0 aromatic heterocycles. The molecule has 0 aliphatic carbocycles. The minimum Gasteiger partial charge on any atom is -0.463 e. The predicted molar refractivity (Wildman–Crippen MR) is 76.6 cm³/mol. The van der Waals surface area contributed by atoms with Gasteiger partial charge in [-0.25, -0.2) is 9.59 Å². The molecule has 4 nitrogen and oxygen atoms in total. The smallest absolute Gasteiger partial charge is 0.338 e. The van der Waals surface area contributed by atoms with Crippen LogP contribution in [0.25, 0.3) is 0 Å². The Hall–Kier alpha value is -2.10. The lowest BCUT2D eigenvalue weighted by Gasteiger charge is -2.07. The van der Waals surface area contributed by atoms with Gasteiger partial charge in [-0.1, -0.05) is 23.8 Å². The van der Waals surface area contributed by atoms with E-state index in [9.17, 15) is 9.59 Å². The zero-order valence-electron chi connectivity index (χ0n) is 12.0. The topological polar surface area (TPSA) is 52.6 Å². The molecule has 1 rings (SSSR count). The highest BCUT2D eigenvalue weighted by Crippen LogP contribution is 2.10. The van der Waals surface area contributed by atoms with Crippen molar-refractivity contribution in [2.45, 2.75) is 26.7 Å². The van der Waals surface area contributed by atoms with Crippen LogP contribution in [0.1, 0.15) is 34.3 Å². The van der Waals surface area contributed by atoms with Gasteiger partial charge in [-0.3, -0.25) is 0 Å². The number of hydrogen-bond acceptors (Lipinski definition) is 4. The van der Waals surface area contributed by atoms with Crippen molar-refractivity contribution >= 4 is 11.9 Å². The van der Waals surface area contributed by atoms with Crippen LogP contribution in [0, 0.1) is 13.8 Å². The van der Waals surface area contributed by atoms with E-state index in [0.29, 0.717) is 31.6 Å². The summed E-state index contributed by atoms with van der Waals surface area (Å²) in [6, 6.07) is 5.62. The number of hydrogen-bond donors (Lipinski definition) is 0. The van der Waals surface area contributed by atoms with Crippen molar-refractivity contribution in [3.63, 3.8) is 0 Å². The maximum absolute atomic E-state index is 11.8. The first-order valence-electron chi connectivity index (χ1n) is 6.57. The van der Waals surface area contributed by atoms with E-state index in [1.165, 1.54) is 0 Å². The van der Waals surface area contributed by atoms with E-state index in [1.807, 2.05) is 19.9 Å². The molecule has 0 radical (unpaired) electrons. The summed E-state index contributed by atoms with van der Waals surface area (Å²) in [5.41, 5.74) is 2.64. The van der Waals surface area contributed by atoms with Crippen molar-refractivity contribution in [1.29, 1.82) is 0 Å². The van der Waals surface area contributed by atoms with Crippen molar-refractivity contribution in [3.8, 4) is 0 Å². The van der Waals surface area contributed by atoms with E-state index in [0.717, 1.165) is 17.2 Å². The molecule has 0 atom stereocenters. The SMILES string of the molecule is C=CC(=O)OCCCCOC(=O)c1cc(C)cc(C)c1. The average molecular weight is 276 g/mol. The molecule has 108 valence electrons. The third-order valence-corrected chi connectivity index (χ3v) is 2.64. The molecule has 0 bridgehead atoms. The molecular formula is C16H20O4. The lowest BCUT2D eigenvalue weighted by Crippen LogP contribution is -2.08. The van der Waals surface area contributed by atoms with E-state index >= 15 is 0 Å². The molecule has 0 aliphatic rings. The number of aryl methyl sites for hydroxylation is 2. The van der Waals surface area contributed by atoms with Crippen molar-refractivity contribution in [1.82, 2.24) is 0 Å². The summed E-state index contributed by atoms with van der Waals surface area (Å²) >= 11 is 0. The summed E-state index contributed by atoms with van der Waals surface area (Å²) in [6.45, 7) is 7.82. The quantitative estimate of drug-likeness (QED) is 0.436. The molecule has 1 aromatic carbocycles. The summed E-state index contributed by atoms with van der Waals surface area (Å²) < 4.78 is 9.99. The molecule has 0 saturated heterocycles. The molecule has 0 heterocycles. The van der Waals surface area contributed by atoms with Crippen molar-refractivity contribution in [2.75, 3.05) is 13.2 Å². The Kier molecular flexibility index (Phi) is 6.50. The predicted octanol–water partition coefficient (Wildman–Crippen LogP) is 2.97.